The fourth-order valence-corrected chi connectivity index (χ4v) is 2.04. The maximum Gasteiger partial charge on any atom is 0.267 e. The Balaban J connectivity index is 1.96. The summed E-state index contributed by atoms with van der Waals surface area (Å²) in [4.78, 5) is 11.7. The third-order valence-electron chi connectivity index (χ3n) is 3.15. The van der Waals surface area contributed by atoms with E-state index in [1.165, 1.54) is 12.8 Å². The molecular formula is C11H15N3O. The van der Waals surface area contributed by atoms with Crippen LogP contribution in [0.5, 0.6) is 0 Å². The van der Waals surface area contributed by atoms with E-state index in [1.807, 2.05) is 0 Å². The molecule has 0 atom stereocenters. The van der Waals surface area contributed by atoms with Gasteiger partial charge >= 0.3 is 0 Å². The molecule has 0 spiro atoms. The minimum absolute atomic E-state index is 0.0596. The molecule has 2 heterocycles. The summed E-state index contributed by atoms with van der Waals surface area (Å²) in [5.74, 6) is 0.704. The van der Waals surface area contributed by atoms with Gasteiger partial charge in [-0.3, -0.25) is 4.79 Å². The SMILES string of the molecule is O=c1cc2c(nn1CC1CC1)CCNC2. The van der Waals surface area contributed by atoms with Gasteiger partial charge in [-0.05, 0) is 24.3 Å². The average molecular weight is 205 g/mol. The first-order valence-electron chi connectivity index (χ1n) is 5.63. The van der Waals surface area contributed by atoms with E-state index in [2.05, 4.69) is 10.4 Å². The van der Waals surface area contributed by atoms with E-state index in [1.54, 1.807) is 10.7 Å². The molecular weight excluding hydrogens is 190 g/mol. The lowest BCUT2D eigenvalue weighted by Crippen LogP contribution is -2.32. The molecule has 1 aliphatic carbocycles. The van der Waals surface area contributed by atoms with E-state index in [4.69, 9.17) is 0 Å². The molecule has 4 nitrogen and oxygen atoms in total. The molecule has 0 aromatic carbocycles. The van der Waals surface area contributed by atoms with Crippen LogP contribution in [-0.2, 0) is 19.5 Å². The van der Waals surface area contributed by atoms with Crippen molar-refractivity contribution in [3.05, 3.63) is 27.7 Å². The molecule has 0 amide bonds. The number of hydrogen-bond donors (Lipinski definition) is 1. The molecule has 3 rings (SSSR count). The smallest absolute Gasteiger partial charge is 0.267 e. The summed E-state index contributed by atoms with van der Waals surface area (Å²) < 4.78 is 1.65. The molecule has 80 valence electrons. The van der Waals surface area contributed by atoms with Crippen LogP contribution in [0.1, 0.15) is 24.1 Å². The van der Waals surface area contributed by atoms with Crippen molar-refractivity contribution in [2.45, 2.75) is 32.4 Å². The zero-order valence-electron chi connectivity index (χ0n) is 8.70. The Kier molecular flexibility index (Phi) is 2.09. The summed E-state index contributed by atoms with van der Waals surface area (Å²) >= 11 is 0. The quantitative estimate of drug-likeness (QED) is 0.755. The molecule has 0 saturated heterocycles. The highest BCUT2D eigenvalue weighted by atomic mass is 16.1. The third-order valence-corrected chi connectivity index (χ3v) is 3.15. The number of nitrogens with one attached hydrogen (secondary N) is 1. The van der Waals surface area contributed by atoms with E-state index in [0.717, 1.165) is 37.3 Å². The number of aromatic nitrogens is 2. The highest BCUT2D eigenvalue weighted by Crippen LogP contribution is 2.29. The van der Waals surface area contributed by atoms with Crippen LogP contribution in [-0.4, -0.2) is 16.3 Å². The number of nitrogens with zero attached hydrogens (tertiary/aromatic N) is 2. The third kappa shape index (κ3) is 1.81. The fraction of sp³-hybridized carbons (Fsp3) is 0.636. The second-order valence-electron chi connectivity index (χ2n) is 4.51. The first kappa shape index (κ1) is 9.09. The standard InChI is InChI=1S/C11H15N3O/c15-11-5-9-6-12-4-3-10(9)13-14(11)7-8-1-2-8/h5,8,12H,1-4,6-7H2. The summed E-state index contributed by atoms with van der Waals surface area (Å²) in [5, 5.41) is 7.71. The van der Waals surface area contributed by atoms with Crippen LogP contribution < -0.4 is 10.9 Å². The minimum Gasteiger partial charge on any atom is -0.312 e. The maximum absolute atomic E-state index is 11.7. The Bertz CT molecular complexity index is 434. The van der Waals surface area contributed by atoms with Crippen molar-refractivity contribution >= 4 is 0 Å². The molecule has 0 unspecified atom stereocenters. The van der Waals surface area contributed by atoms with Crippen molar-refractivity contribution in [2.24, 2.45) is 5.92 Å². The number of rotatable bonds is 2. The van der Waals surface area contributed by atoms with Gasteiger partial charge in [0.2, 0.25) is 0 Å². The van der Waals surface area contributed by atoms with Crippen molar-refractivity contribution in [3.8, 4) is 0 Å². The van der Waals surface area contributed by atoms with Crippen LogP contribution in [0.3, 0.4) is 0 Å². The Labute approximate surface area is 88.3 Å². The van der Waals surface area contributed by atoms with Gasteiger partial charge in [-0.1, -0.05) is 0 Å². The lowest BCUT2D eigenvalue weighted by Gasteiger charge is -2.16. The molecule has 1 saturated carbocycles. The lowest BCUT2D eigenvalue weighted by molar-refractivity contribution is 0.504. The summed E-state index contributed by atoms with van der Waals surface area (Å²) in [6, 6.07) is 1.75. The fourth-order valence-electron chi connectivity index (χ4n) is 2.04. The van der Waals surface area contributed by atoms with Gasteiger partial charge in [-0.15, -0.1) is 0 Å². The van der Waals surface area contributed by atoms with E-state index in [9.17, 15) is 4.79 Å². The number of hydrogen-bond acceptors (Lipinski definition) is 3. The van der Waals surface area contributed by atoms with Crippen molar-refractivity contribution in [1.82, 2.24) is 15.1 Å². The summed E-state index contributed by atoms with van der Waals surface area (Å²) in [5.41, 5.74) is 2.25. The normalized spacial score (nSPS) is 20.0. The Morgan fingerprint density at radius 1 is 1.53 bits per heavy atom. The van der Waals surface area contributed by atoms with Gasteiger partial charge in [-0.25, -0.2) is 4.68 Å². The van der Waals surface area contributed by atoms with Gasteiger partial charge in [-0.2, -0.15) is 5.10 Å². The summed E-state index contributed by atoms with van der Waals surface area (Å²) in [7, 11) is 0. The molecule has 0 radical (unpaired) electrons. The highest BCUT2D eigenvalue weighted by Gasteiger charge is 2.23. The maximum atomic E-state index is 11.7. The van der Waals surface area contributed by atoms with Crippen molar-refractivity contribution < 1.29 is 0 Å². The van der Waals surface area contributed by atoms with E-state index in [-0.39, 0.29) is 5.56 Å². The minimum atomic E-state index is 0.0596. The van der Waals surface area contributed by atoms with Crippen molar-refractivity contribution in [1.29, 1.82) is 0 Å². The monoisotopic (exact) mass is 205 g/mol. The molecule has 1 aliphatic heterocycles. The Morgan fingerprint density at radius 3 is 3.20 bits per heavy atom. The van der Waals surface area contributed by atoms with Crippen LogP contribution in [0.25, 0.3) is 0 Å². The van der Waals surface area contributed by atoms with Crippen molar-refractivity contribution in [3.63, 3.8) is 0 Å². The van der Waals surface area contributed by atoms with E-state index >= 15 is 0 Å². The van der Waals surface area contributed by atoms with Gasteiger partial charge < -0.3 is 5.32 Å². The topological polar surface area (TPSA) is 46.9 Å². The van der Waals surface area contributed by atoms with Crippen LogP contribution in [0.4, 0.5) is 0 Å². The first-order chi connectivity index (χ1) is 7.33. The first-order valence-corrected chi connectivity index (χ1v) is 5.63. The van der Waals surface area contributed by atoms with Crippen LogP contribution in [0.2, 0.25) is 0 Å². The Morgan fingerprint density at radius 2 is 2.40 bits per heavy atom. The zero-order chi connectivity index (χ0) is 10.3. The van der Waals surface area contributed by atoms with E-state index < -0.39 is 0 Å². The predicted octanol–water partition coefficient (Wildman–Crippen LogP) is 0.299. The predicted molar refractivity (Wildman–Crippen MR) is 56.6 cm³/mol. The van der Waals surface area contributed by atoms with Gasteiger partial charge in [0.25, 0.3) is 5.56 Å². The Hall–Kier alpha value is -1.16. The summed E-state index contributed by atoms with van der Waals surface area (Å²) in [6.07, 6.45) is 3.46. The largest absolute Gasteiger partial charge is 0.312 e. The van der Waals surface area contributed by atoms with Gasteiger partial charge in [0.15, 0.2) is 0 Å². The lowest BCUT2D eigenvalue weighted by atomic mass is 10.1. The molecule has 1 N–H and O–H groups in total. The van der Waals surface area contributed by atoms with Crippen LogP contribution >= 0.6 is 0 Å². The second-order valence-corrected chi connectivity index (χ2v) is 4.51. The summed E-state index contributed by atoms with van der Waals surface area (Å²) in [6.45, 7) is 2.59. The van der Waals surface area contributed by atoms with Gasteiger partial charge in [0.05, 0.1) is 5.69 Å². The van der Waals surface area contributed by atoms with Crippen LogP contribution in [0.15, 0.2) is 10.9 Å². The highest BCUT2D eigenvalue weighted by molar-refractivity contribution is 5.20. The molecule has 2 aliphatic rings. The molecule has 4 heteroatoms. The van der Waals surface area contributed by atoms with Crippen molar-refractivity contribution in [2.75, 3.05) is 6.54 Å². The number of fused-ring (bicyclic) bond motifs is 1. The molecule has 1 fully saturated rings. The molecule has 1 aromatic heterocycles. The molecule has 15 heavy (non-hydrogen) atoms. The molecule has 0 bridgehead atoms. The zero-order valence-corrected chi connectivity index (χ0v) is 8.70. The van der Waals surface area contributed by atoms with Gasteiger partial charge in [0, 0.05) is 32.1 Å². The van der Waals surface area contributed by atoms with Crippen LogP contribution in [0, 0.1) is 5.92 Å². The van der Waals surface area contributed by atoms with Gasteiger partial charge in [0.1, 0.15) is 0 Å². The second kappa shape index (κ2) is 3.45. The average Bonchev–Trinajstić information content (AvgIpc) is 3.03. The molecule has 1 aromatic rings. The van der Waals surface area contributed by atoms with E-state index in [0.29, 0.717) is 5.92 Å².